The second-order valence-corrected chi connectivity index (χ2v) is 7.84. The molecule has 2 N–H and O–H groups in total. The molecule has 9 heteroatoms. The van der Waals surface area contributed by atoms with Gasteiger partial charge in [-0.3, -0.25) is 0 Å². The fraction of sp³-hybridized carbons (Fsp3) is 0.320. The van der Waals surface area contributed by atoms with Gasteiger partial charge in [0.1, 0.15) is 11.9 Å². The summed E-state index contributed by atoms with van der Waals surface area (Å²) in [5, 5.41) is 5.75. The second-order valence-electron chi connectivity index (χ2n) is 7.84. The lowest BCUT2D eigenvalue weighted by molar-refractivity contribution is -0.145. The molecule has 2 aromatic heterocycles. The zero-order valence-corrected chi connectivity index (χ0v) is 19.2. The lowest BCUT2D eigenvalue weighted by Crippen LogP contribution is -2.45. The minimum atomic E-state index is -0.927. The second kappa shape index (κ2) is 10.7. The van der Waals surface area contributed by atoms with E-state index in [2.05, 4.69) is 31.7 Å². The molecule has 1 aliphatic carbocycles. The molecule has 3 aromatic rings. The molecule has 34 heavy (non-hydrogen) atoms. The van der Waals surface area contributed by atoms with E-state index in [1.807, 2.05) is 18.2 Å². The lowest BCUT2D eigenvalue weighted by Gasteiger charge is -2.20. The summed E-state index contributed by atoms with van der Waals surface area (Å²) < 4.78 is 10.4. The average molecular weight is 462 g/mol. The van der Waals surface area contributed by atoms with Gasteiger partial charge in [-0.2, -0.15) is 0 Å². The summed E-state index contributed by atoms with van der Waals surface area (Å²) in [5.74, 6) is 0.382. The predicted molar refractivity (Wildman–Crippen MR) is 127 cm³/mol. The summed E-state index contributed by atoms with van der Waals surface area (Å²) >= 11 is 0. The molecule has 0 bridgehead atoms. The van der Waals surface area contributed by atoms with Gasteiger partial charge in [0.25, 0.3) is 0 Å². The topological polar surface area (TPSA) is 115 Å². The summed E-state index contributed by atoms with van der Waals surface area (Å²) in [5.41, 5.74) is 4.76. The van der Waals surface area contributed by atoms with Crippen LogP contribution in [-0.4, -0.2) is 46.7 Å². The maximum absolute atomic E-state index is 13.1. The minimum Gasteiger partial charge on any atom is -0.481 e. The highest BCUT2D eigenvalue weighted by Crippen LogP contribution is 2.38. The van der Waals surface area contributed by atoms with Gasteiger partial charge in [-0.1, -0.05) is 12.1 Å². The van der Waals surface area contributed by atoms with Crippen LogP contribution in [0.5, 0.6) is 5.88 Å². The standard InChI is InChI=1S/C25H27N5O4/c1-3-34-24(31)20(15-21-26-11-5-12-27-21)29-25(32)30-23-18-7-4-6-16(18)8-9-19(23)17-10-13-28-22(14-17)33-2/h5,8-14,20H,3-4,6-7,15H2,1-2H3,(H2,29,30,32)/t20-/m1/s1. The molecule has 4 rings (SSSR count). The highest BCUT2D eigenvalue weighted by atomic mass is 16.5. The van der Waals surface area contributed by atoms with Gasteiger partial charge >= 0.3 is 12.0 Å². The Bertz CT molecular complexity index is 1170. The van der Waals surface area contributed by atoms with Gasteiger partial charge in [0.2, 0.25) is 5.88 Å². The Hall–Kier alpha value is -4.01. The van der Waals surface area contributed by atoms with Crippen molar-refractivity contribution >= 4 is 17.7 Å². The zero-order valence-electron chi connectivity index (χ0n) is 19.2. The molecule has 2 heterocycles. The quantitative estimate of drug-likeness (QED) is 0.495. The van der Waals surface area contributed by atoms with Gasteiger partial charge in [-0.25, -0.2) is 24.5 Å². The van der Waals surface area contributed by atoms with Gasteiger partial charge < -0.3 is 20.1 Å². The number of aromatic nitrogens is 3. The Balaban J connectivity index is 1.61. The van der Waals surface area contributed by atoms with E-state index < -0.39 is 18.0 Å². The molecule has 0 unspecified atom stereocenters. The van der Waals surface area contributed by atoms with Crippen LogP contribution < -0.4 is 15.4 Å². The third-order valence-corrected chi connectivity index (χ3v) is 5.66. The highest BCUT2D eigenvalue weighted by molar-refractivity contribution is 5.98. The van der Waals surface area contributed by atoms with E-state index >= 15 is 0 Å². The van der Waals surface area contributed by atoms with Crippen LogP contribution in [0.25, 0.3) is 11.1 Å². The molecule has 0 radical (unpaired) electrons. The van der Waals surface area contributed by atoms with Crippen molar-refractivity contribution < 1.29 is 19.1 Å². The Kier molecular flexibility index (Phi) is 7.31. The van der Waals surface area contributed by atoms with Crippen LogP contribution in [0.15, 0.2) is 48.9 Å². The van der Waals surface area contributed by atoms with Crippen molar-refractivity contribution in [2.45, 2.75) is 38.6 Å². The molecule has 0 aliphatic heterocycles. The number of nitrogens with zero attached hydrogens (tertiary/aromatic N) is 3. The van der Waals surface area contributed by atoms with Crippen LogP contribution in [0, 0.1) is 0 Å². The van der Waals surface area contributed by atoms with E-state index in [-0.39, 0.29) is 13.0 Å². The molecule has 0 saturated heterocycles. The molecule has 1 aliphatic rings. The first-order chi connectivity index (χ1) is 16.6. The number of ether oxygens (including phenoxy) is 2. The summed E-state index contributed by atoms with van der Waals surface area (Å²) in [7, 11) is 1.56. The van der Waals surface area contributed by atoms with Gasteiger partial charge in [-0.15, -0.1) is 0 Å². The van der Waals surface area contributed by atoms with E-state index in [9.17, 15) is 9.59 Å². The fourth-order valence-corrected chi connectivity index (χ4v) is 4.10. The number of methoxy groups -OCH3 is 1. The lowest BCUT2D eigenvalue weighted by atomic mass is 9.98. The number of nitrogens with one attached hydrogen (secondary N) is 2. The Morgan fingerprint density at radius 1 is 1.09 bits per heavy atom. The summed E-state index contributed by atoms with van der Waals surface area (Å²) in [6, 6.07) is 8.05. The van der Waals surface area contributed by atoms with Crippen molar-refractivity contribution in [2.24, 2.45) is 0 Å². The summed E-state index contributed by atoms with van der Waals surface area (Å²) in [6.07, 6.45) is 7.81. The van der Waals surface area contributed by atoms with E-state index in [0.29, 0.717) is 11.7 Å². The van der Waals surface area contributed by atoms with Gasteiger partial charge in [-0.05, 0) is 55.0 Å². The first kappa shape index (κ1) is 23.2. The Morgan fingerprint density at radius 2 is 1.91 bits per heavy atom. The number of amides is 2. The van der Waals surface area contributed by atoms with Crippen molar-refractivity contribution in [3.63, 3.8) is 0 Å². The number of aryl methyl sites for hydroxylation is 1. The number of hydrogen-bond acceptors (Lipinski definition) is 7. The smallest absolute Gasteiger partial charge is 0.329 e. The van der Waals surface area contributed by atoms with Crippen LogP contribution in [0.3, 0.4) is 0 Å². The molecule has 0 fully saturated rings. The number of benzene rings is 1. The van der Waals surface area contributed by atoms with Crippen molar-refractivity contribution in [3.05, 3.63) is 65.9 Å². The summed E-state index contributed by atoms with van der Waals surface area (Å²) in [4.78, 5) is 38.2. The van der Waals surface area contributed by atoms with Crippen LogP contribution >= 0.6 is 0 Å². The first-order valence-electron chi connectivity index (χ1n) is 11.2. The number of urea groups is 1. The molecule has 0 spiro atoms. The van der Waals surface area contributed by atoms with Crippen LogP contribution in [0.4, 0.5) is 10.5 Å². The normalized spacial score (nSPS) is 13.0. The van der Waals surface area contributed by atoms with Crippen LogP contribution in [0.2, 0.25) is 0 Å². The van der Waals surface area contributed by atoms with Gasteiger partial charge in [0.15, 0.2) is 0 Å². The van der Waals surface area contributed by atoms with E-state index in [1.54, 1.807) is 38.7 Å². The van der Waals surface area contributed by atoms with Crippen molar-refractivity contribution in [3.8, 4) is 17.0 Å². The number of carbonyl (C=O) groups is 2. The molecule has 1 aromatic carbocycles. The van der Waals surface area contributed by atoms with Crippen LogP contribution in [0.1, 0.15) is 30.3 Å². The van der Waals surface area contributed by atoms with Gasteiger partial charge in [0, 0.05) is 36.6 Å². The average Bonchev–Trinajstić information content (AvgIpc) is 3.34. The third-order valence-electron chi connectivity index (χ3n) is 5.66. The Morgan fingerprint density at radius 3 is 2.68 bits per heavy atom. The number of esters is 1. The maximum atomic E-state index is 13.1. The SMILES string of the molecule is CCOC(=O)[C@@H](Cc1ncccn1)NC(=O)Nc1c(-c2ccnc(OC)c2)ccc2c1CCC2. The number of pyridine rings is 1. The maximum Gasteiger partial charge on any atom is 0.329 e. The minimum absolute atomic E-state index is 0.119. The first-order valence-corrected chi connectivity index (χ1v) is 11.2. The monoisotopic (exact) mass is 461 g/mol. The van der Waals surface area contributed by atoms with Crippen molar-refractivity contribution in [1.29, 1.82) is 0 Å². The summed E-state index contributed by atoms with van der Waals surface area (Å²) in [6.45, 7) is 1.92. The Labute approximate surface area is 197 Å². The van der Waals surface area contributed by atoms with Gasteiger partial charge in [0.05, 0.1) is 19.4 Å². The zero-order chi connectivity index (χ0) is 23.9. The molecule has 0 saturated carbocycles. The predicted octanol–water partition coefficient (Wildman–Crippen LogP) is 3.33. The van der Waals surface area contributed by atoms with E-state index in [1.165, 1.54) is 5.56 Å². The molecular weight excluding hydrogens is 434 g/mol. The van der Waals surface area contributed by atoms with Crippen molar-refractivity contribution in [1.82, 2.24) is 20.3 Å². The third kappa shape index (κ3) is 5.31. The van der Waals surface area contributed by atoms with E-state index in [0.717, 1.165) is 41.6 Å². The highest BCUT2D eigenvalue weighted by Gasteiger charge is 2.26. The molecule has 1 atom stereocenters. The largest absolute Gasteiger partial charge is 0.481 e. The number of rotatable bonds is 8. The molecule has 2 amide bonds. The number of anilines is 1. The molecule has 9 nitrogen and oxygen atoms in total. The molecular formula is C25H27N5O4. The number of hydrogen-bond donors (Lipinski definition) is 2. The fourth-order valence-electron chi connectivity index (χ4n) is 4.10. The van der Waals surface area contributed by atoms with E-state index in [4.69, 9.17) is 9.47 Å². The number of fused-ring (bicyclic) bond motifs is 1. The van der Waals surface area contributed by atoms with Crippen molar-refractivity contribution in [2.75, 3.05) is 19.0 Å². The van der Waals surface area contributed by atoms with Crippen LogP contribution in [-0.2, 0) is 28.8 Å². The molecule has 176 valence electrons. The number of carbonyl (C=O) groups excluding carboxylic acids is 2.